The van der Waals surface area contributed by atoms with Crippen LogP contribution in [0.2, 0.25) is 0 Å². The Morgan fingerprint density at radius 3 is 1.46 bits per heavy atom. The molecule has 0 spiro atoms. The second kappa shape index (κ2) is 8.87. The van der Waals surface area contributed by atoms with Gasteiger partial charge in [0.15, 0.2) is 0 Å². The van der Waals surface area contributed by atoms with Crippen LogP contribution in [-0.4, -0.2) is 23.9 Å². The highest BCUT2D eigenvalue weighted by atomic mass is 16.2. The molecule has 0 saturated heterocycles. The van der Waals surface area contributed by atoms with Gasteiger partial charge in [0.25, 0.3) is 0 Å². The summed E-state index contributed by atoms with van der Waals surface area (Å²) in [5.41, 5.74) is 0. The van der Waals surface area contributed by atoms with Crippen molar-refractivity contribution in [1.82, 2.24) is 10.6 Å². The smallest absolute Gasteiger partial charge is 0.220 e. The van der Waals surface area contributed by atoms with Gasteiger partial charge in [-0.05, 0) is 36.5 Å². The first kappa shape index (κ1) is 19.3. The van der Waals surface area contributed by atoms with Gasteiger partial charge in [-0.3, -0.25) is 9.59 Å². The third-order valence-electron chi connectivity index (χ3n) is 6.69. The predicted molar refractivity (Wildman–Crippen MR) is 97.5 cm³/mol. The van der Waals surface area contributed by atoms with Crippen molar-refractivity contribution >= 4 is 11.8 Å². The zero-order chi connectivity index (χ0) is 17.7. The standard InChI is InChI=1S/C20H36N2O2/c1-13-7-5-9-17(15(13)3)21-19(23)11-12-20(24)22-18-10-6-8-14(2)16(18)4/h13-18H,5-12H2,1-4H3,(H,21,23)(H,22,24)/t13-,14+,15-,16+,17-,18-/m1/s1. The predicted octanol–water partition coefficient (Wildman–Crippen LogP) is 3.65. The summed E-state index contributed by atoms with van der Waals surface area (Å²) >= 11 is 0. The van der Waals surface area contributed by atoms with Crippen LogP contribution in [0, 0.1) is 23.7 Å². The van der Waals surface area contributed by atoms with Crippen molar-refractivity contribution in [3.8, 4) is 0 Å². The van der Waals surface area contributed by atoms with Crippen LogP contribution >= 0.6 is 0 Å². The van der Waals surface area contributed by atoms with Gasteiger partial charge in [0, 0.05) is 24.9 Å². The van der Waals surface area contributed by atoms with Crippen LogP contribution in [-0.2, 0) is 9.59 Å². The first-order valence-electron chi connectivity index (χ1n) is 9.97. The van der Waals surface area contributed by atoms with Gasteiger partial charge < -0.3 is 10.6 Å². The van der Waals surface area contributed by atoms with Crippen molar-refractivity contribution in [2.75, 3.05) is 0 Å². The molecule has 2 saturated carbocycles. The van der Waals surface area contributed by atoms with E-state index in [1.54, 1.807) is 0 Å². The van der Waals surface area contributed by atoms with E-state index >= 15 is 0 Å². The number of amides is 2. The molecule has 2 fully saturated rings. The Morgan fingerprint density at radius 1 is 0.708 bits per heavy atom. The van der Waals surface area contributed by atoms with Crippen LogP contribution in [0.4, 0.5) is 0 Å². The number of carbonyl (C=O) groups is 2. The maximum absolute atomic E-state index is 12.2. The van der Waals surface area contributed by atoms with E-state index in [-0.39, 0.29) is 23.9 Å². The average molecular weight is 337 g/mol. The molecule has 2 rings (SSSR count). The second-order valence-electron chi connectivity index (χ2n) is 8.38. The van der Waals surface area contributed by atoms with Gasteiger partial charge >= 0.3 is 0 Å². The van der Waals surface area contributed by atoms with Gasteiger partial charge in [-0.2, -0.15) is 0 Å². The zero-order valence-electron chi connectivity index (χ0n) is 15.9. The summed E-state index contributed by atoms with van der Waals surface area (Å²) in [7, 11) is 0. The van der Waals surface area contributed by atoms with Crippen molar-refractivity contribution in [3.63, 3.8) is 0 Å². The van der Waals surface area contributed by atoms with Gasteiger partial charge in [-0.1, -0.05) is 53.4 Å². The number of hydrogen-bond donors (Lipinski definition) is 2. The molecule has 0 unspecified atom stereocenters. The lowest BCUT2D eigenvalue weighted by Gasteiger charge is -2.35. The summed E-state index contributed by atoms with van der Waals surface area (Å²) in [5.74, 6) is 2.45. The SMILES string of the molecule is C[C@@H]1[C@H](C)CCC[C@H]1NC(=O)CCC(=O)N[C@@H]1CCC[C@H](C)[C@@H]1C. The van der Waals surface area contributed by atoms with Crippen molar-refractivity contribution < 1.29 is 9.59 Å². The quantitative estimate of drug-likeness (QED) is 0.805. The number of nitrogens with one attached hydrogen (secondary N) is 2. The largest absolute Gasteiger partial charge is 0.353 e. The van der Waals surface area contributed by atoms with Gasteiger partial charge in [-0.25, -0.2) is 0 Å². The normalized spacial score (nSPS) is 36.8. The molecule has 6 atom stereocenters. The first-order chi connectivity index (χ1) is 11.4. The molecule has 24 heavy (non-hydrogen) atoms. The number of hydrogen-bond acceptors (Lipinski definition) is 2. The molecule has 4 heteroatoms. The lowest BCUT2D eigenvalue weighted by Crippen LogP contribution is -2.45. The molecule has 0 bridgehead atoms. The van der Waals surface area contributed by atoms with Crippen LogP contribution < -0.4 is 10.6 Å². The minimum atomic E-state index is 0.0289. The molecular formula is C20H36N2O2. The number of rotatable bonds is 5. The van der Waals surface area contributed by atoms with Gasteiger partial charge in [-0.15, -0.1) is 0 Å². The second-order valence-corrected chi connectivity index (χ2v) is 8.38. The maximum Gasteiger partial charge on any atom is 0.220 e. The van der Waals surface area contributed by atoms with Crippen molar-refractivity contribution in [3.05, 3.63) is 0 Å². The molecule has 0 aromatic rings. The van der Waals surface area contributed by atoms with E-state index in [0.29, 0.717) is 36.5 Å². The summed E-state index contributed by atoms with van der Waals surface area (Å²) in [6.45, 7) is 8.99. The molecule has 4 nitrogen and oxygen atoms in total. The fraction of sp³-hybridized carbons (Fsp3) is 0.900. The van der Waals surface area contributed by atoms with Gasteiger partial charge in [0.1, 0.15) is 0 Å². The third kappa shape index (κ3) is 5.22. The summed E-state index contributed by atoms with van der Waals surface area (Å²) in [6, 6.07) is 0.562. The molecule has 2 amide bonds. The van der Waals surface area contributed by atoms with Crippen LogP contribution in [0.5, 0.6) is 0 Å². The molecular weight excluding hydrogens is 300 g/mol. The summed E-state index contributed by atoms with van der Waals surface area (Å²) in [4.78, 5) is 24.4. The van der Waals surface area contributed by atoms with E-state index in [0.717, 1.165) is 12.8 Å². The Kier molecular flexibility index (Phi) is 7.12. The van der Waals surface area contributed by atoms with Crippen LogP contribution in [0.15, 0.2) is 0 Å². The van der Waals surface area contributed by atoms with Crippen molar-refractivity contribution in [1.29, 1.82) is 0 Å². The van der Waals surface area contributed by atoms with Crippen molar-refractivity contribution in [2.24, 2.45) is 23.7 Å². The molecule has 0 aromatic carbocycles. The lowest BCUT2D eigenvalue weighted by molar-refractivity contribution is -0.128. The lowest BCUT2D eigenvalue weighted by atomic mass is 9.78. The molecule has 0 aromatic heterocycles. The summed E-state index contributed by atoms with van der Waals surface area (Å²) in [5, 5.41) is 6.31. The topological polar surface area (TPSA) is 58.2 Å². The Bertz CT molecular complexity index is 397. The monoisotopic (exact) mass is 336 g/mol. The molecule has 0 radical (unpaired) electrons. The molecule has 2 N–H and O–H groups in total. The molecule has 0 heterocycles. The van der Waals surface area contributed by atoms with Gasteiger partial charge in [0.2, 0.25) is 11.8 Å². The Morgan fingerprint density at radius 2 is 1.08 bits per heavy atom. The highest BCUT2D eigenvalue weighted by Crippen LogP contribution is 2.30. The molecule has 138 valence electrons. The van der Waals surface area contributed by atoms with E-state index in [1.165, 1.54) is 25.7 Å². The summed E-state index contributed by atoms with van der Waals surface area (Å²) in [6.07, 6.45) is 7.65. The molecule has 2 aliphatic carbocycles. The molecule has 2 aliphatic rings. The van der Waals surface area contributed by atoms with E-state index < -0.39 is 0 Å². The van der Waals surface area contributed by atoms with Gasteiger partial charge in [0.05, 0.1) is 0 Å². The minimum absolute atomic E-state index is 0.0289. The zero-order valence-corrected chi connectivity index (χ0v) is 15.9. The van der Waals surface area contributed by atoms with Crippen LogP contribution in [0.25, 0.3) is 0 Å². The minimum Gasteiger partial charge on any atom is -0.353 e. The Hall–Kier alpha value is -1.06. The number of carbonyl (C=O) groups excluding carboxylic acids is 2. The van der Waals surface area contributed by atoms with Crippen molar-refractivity contribution in [2.45, 2.75) is 91.1 Å². The van der Waals surface area contributed by atoms with E-state index in [4.69, 9.17) is 0 Å². The fourth-order valence-corrected chi connectivity index (χ4v) is 4.36. The van der Waals surface area contributed by atoms with E-state index in [2.05, 4.69) is 38.3 Å². The Balaban J connectivity index is 1.70. The third-order valence-corrected chi connectivity index (χ3v) is 6.69. The molecule has 0 aliphatic heterocycles. The maximum atomic E-state index is 12.2. The van der Waals surface area contributed by atoms with Crippen LogP contribution in [0.3, 0.4) is 0 Å². The van der Waals surface area contributed by atoms with E-state index in [1.807, 2.05) is 0 Å². The highest BCUT2D eigenvalue weighted by molar-refractivity contribution is 5.84. The Labute approximate surface area is 147 Å². The van der Waals surface area contributed by atoms with Crippen LogP contribution in [0.1, 0.15) is 79.1 Å². The van der Waals surface area contributed by atoms with E-state index in [9.17, 15) is 9.59 Å². The fourth-order valence-electron chi connectivity index (χ4n) is 4.36. The first-order valence-corrected chi connectivity index (χ1v) is 9.97. The highest BCUT2D eigenvalue weighted by Gasteiger charge is 2.29. The average Bonchev–Trinajstić information content (AvgIpc) is 2.54. The summed E-state index contributed by atoms with van der Waals surface area (Å²) < 4.78 is 0.